The first-order valence-corrected chi connectivity index (χ1v) is 12.3. The topological polar surface area (TPSA) is 114 Å². The number of aryl methyl sites for hydroxylation is 1. The van der Waals surface area contributed by atoms with Crippen molar-refractivity contribution in [2.24, 2.45) is 0 Å². The van der Waals surface area contributed by atoms with Gasteiger partial charge in [0.2, 0.25) is 0 Å². The Hall–Kier alpha value is -3.18. The maximum atomic E-state index is 12.8. The summed E-state index contributed by atoms with van der Waals surface area (Å²) in [7, 11) is 1.38. The SMILES string of the molecule is COc1ccc([N+](=O)[O-])cc1NC(=O)/C(C#N)=C/c1cc(I)c(OCc2ccc(C)cc2)c(I)c1. The minimum atomic E-state index is -0.712. The van der Waals surface area contributed by atoms with Crippen LogP contribution in [0.4, 0.5) is 11.4 Å². The molecule has 178 valence electrons. The summed E-state index contributed by atoms with van der Waals surface area (Å²) >= 11 is 4.30. The van der Waals surface area contributed by atoms with Crippen LogP contribution in [0, 0.1) is 35.5 Å². The van der Waals surface area contributed by atoms with Crippen molar-refractivity contribution in [2.75, 3.05) is 12.4 Å². The minimum absolute atomic E-state index is 0.0943. The van der Waals surface area contributed by atoms with E-state index in [2.05, 4.69) is 50.5 Å². The average molecular weight is 695 g/mol. The van der Waals surface area contributed by atoms with E-state index < -0.39 is 10.8 Å². The number of hydrogen-bond acceptors (Lipinski definition) is 6. The maximum Gasteiger partial charge on any atom is 0.271 e. The van der Waals surface area contributed by atoms with Gasteiger partial charge in [0.1, 0.15) is 29.7 Å². The van der Waals surface area contributed by atoms with Crippen LogP contribution in [-0.2, 0) is 11.4 Å². The van der Waals surface area contributed by atoms with Crippen LogP contribution < -0.4 is 14.8 Å². The predicted molar refractivity (Wildman–Crippen MR) is 149 cm³/mol. The number of halogens is 2. The number of nitrogens with zero attached hydrogens (tertiary/aromatic N) is 2. The van der Waals surface area contributed by atoms with Gasteiger partial charge in [-0.05, 0) is 87.5 Å². The van der Waals surface area contributed by atoms with E-state index in [0.717, 1.165) is 12.7 Å². The number of nitriles is 1. The van der Waals surface area contributed by atoms with Gasteiger partial charge in [0.05, 0.1) is 24.9 Å². The molecule has 0 heterocycles. The van der Waals surface area contributed by atoms with E-state index in [4.69, 9.17) is 9.47 Å². The van der Waals surface area contributed by atoms with Crippen molar-refractivity contribution < 1.29 is 19.2 Å². The Kier molecular flexibility index (Phi) is 9.05. The molecule has 0 spiro atoms. The van der Waals surface area contributed by atoms with E-state index in [9.17, 15) is 20.2 Å². The predicted octanol–water partition coefficient (Wildman–Crippen LogP) is 6.25. The zero-order valence-electron chi connectivity index (χ0n) is 18.7. The molecule has 0 bridgehead atoms. The summed E-state index contributed by atoms with van der Waals surface area (Å²) in [4.78, 5) is 23.3. The number of methoxy groups -OCH3 is 1. The summed E-state index contributed by atoms with van der Waals surface area (Å²) in [6, 6.07) is 17.4. The Labute approximate surface area is 229 Å². The molecule has 0 saturated carbocycles. The normalized spacial score (nSPS) is 10.9. The summed E-state index contributed by atoms with van der Waals surface area (Å²) < 4.78 is 12.8. The monoisotopic (exact) mass is 695 g/mol. The van der Waals surface area contributed by atoms with E-state index in [1.165, 1.54) is 36.9 Å². The molecule has 0 saturated heterocycles. The molecule has 3 aromatic rings. The maximum absolute atomic E-state index is 12.8. The summed E-state index contributed by atoms with van der Waals surface area (Å²) in [6.07, 6.45) is 1.45. The molecule has 1 N–H and O–H groups in total. The number of nitro groups is 1. The third-order valence-corrected chi connectivity index (χ3v) is 6.45. The molecule has 10 heteroatoms. The van der Waals surface area contributed by atoms with Gasteiger partial charge in [0.25, 0.3) is 11.6 Å². The molecule has 3 aromatic carbocycles. The molecule has 0 aliphatic heterocycles. The van der Waals surface area contributed by atoms with Crippen molar-refractivity contribution in [3.05, 3.63) is 94.1 Å². The van der Waals surface area contributed by atoms with Gasteiger partial charge >= 0.3 is 0 Å². The first-order chi connectivity index (χ1) is 16.7. The largest absolute Gasteiger partial charge is 0.495 e. The lowest BCUT2D eigenvalue weighted by Crippen LogP contribution is -2.14. The number of amides is 1. The molecule has 0 aliphatic rings. The second-order valence-electron chi connectivity index (χ2n) is 7.35. The van der Waals surface area contributed by atoms with Crippen molar-refractivity contribution in [3.63, 3.8) is 0 Å². The van der Waals surface area contributed by atoms with Crippen molar-refractivity contribution in [1.29, 1.82) is 5.26 Å². The lowest BCUT2D eigenvalue weighted by atomic mass is 10.1. The van der Waals surface area contributed by atoms with Gasteiger partial charge in [0.15, 0.2) is 0 Å². The number of non-ortho nitro benzene ring substituents is 1. The van der Waals surface area contributed by atoms with E-state index in [1.807, 2.05) is 49.4 Å². The molecule has 0 radical (unpaired) electrons. The first-order valence-electron chi connectivity index (χ1n) is 10.1. The molecular weight excluding hydrogens is 676 g/mol. The molecule has 0 unspecified atom stereocenters. The van der Waals surface area contributed by atoms with E-state index in [-0.39, 0.29) is 22.7 Å². The summed E-state index contributed by atoms with van der Waals surface area (Å²) in [5.41, 5.74) is 2.57. The average Bonchev–Trinajstić information content (AvgIpc) is 2.83. The molecule has 3 rings (SSSR count). The van der Waals surface area contributed by atoms with Crippen LogP contribution in [0.3, 0.4) is 0 Å². The quantitative estimate of drug-likeness (QED) is 0.0981. The summed E-state index contributed by atoms with van der Waals surface area (Å²) in [5, 5.41) is 23.2. The fraction of sp³-hybridized carbons (Fsp3) is 0.120. The summed E-state index contributed by atoms with van der Waals surface area (Å²) in [6.45, 7) is 2.44. The molecule has 0 aliphatic carbocycles. The Bertz CT molecular complexity index is 1330. The number of hydrogen-bond donors (Lipinski definition) is 1. The van der Waals surface area contributed by atoms with Crippen molar-refractivity contribution in [2.45, 2.75) is 13.5 Å². The smallest absolute Gasteiger partial charge is 0.271 e. The van der Waals surface area contributed by atoms with Crippen LogP contribution >= 0.6 is 45.2 Å². The number of carbonyl (C=O) groups excluding carboxylic acids is 1. The number of anilines is 1. The Morgan fingerprint density at radius 3 is 2.37 bits per heavy atom. The van der Waals surface area contributed by atoms with Gasteiger partial charge in [-0.3, -0.25) is 14.9 Å². The molecule has 0 fully saturated rings. The molecule has 0 atom stereocenters. The zero-order valence-corrected chi connectivity index (χ0v) is 23.0. The Morgan fingerprint density at radius 1 is 1.14 bits per heavy atom. The van der Waals surface area contributed by atoms with E-state index >= 15 is 0 Å². The van der Waals surface area contributed by atoms with Crippen LogP contribution in [0.25, 0.3) is 6.08 Å². The first kappa shape index (κ1) is 26.4. The van der Waals surface area contributed by atoms with Gasteiger partial charge in [-0.15, -0.1) is 0 Å². The van der Waals surface area contributed by atoms with Gasteiger partial charge < -0.3 is 14.8 Å². The second kappa shape index (κ2) is 12.0. The van der Waals surface area contributed by atoms with Crippen molar-refractivity contribution in [3.8, 4) is 17.6 Å². The number of rotatable bonds is 8. The number of ether oxygens (including phenoxy) is 2. The number of carbonyl (C=O) groups is 1. The molecule has 0 aromatic heterocycles. The highest BCUT2D eigenvalue weighted by Gasteiger charge is 2.17. The van der Waals surface area contributed by atoms with E-state index in [0.29, 0.717) is 17.9 Å². The van der Waals surface area contributed by atoms with Crippen LogP contribution in [0.5, 0.6) is 11.5 Å². The molecular formula is C25H19I2N3O5. The van der Waals surface area contributed by atoms with Gasteiger partial charge in [-0.2, -0.15) is 5.26 Å². The molecule has 35 heavy (non-hydrogen) atoms. The fourth-order valence-electron chi connectivity index (χ4n) is 3.05. The third kappa shape index (κ3) is 6.92. The van der Waals surface area contributed by atoms with Gasteiger partial charge in [0, 0.05) is 12.1 Å². The highest BCUT2D eigenvalue weighted by atomic mass is 127. The minimum Gasteiger partial charge on any atom is -0.495 e. The lowest BCUT2D eigenvalue weighted by molar-refractivity contribution is -0.384. The zero-order chi connectivity index (χ0) is 25.5. The Morgan fingerprint density at radius 2 is 1.80 bits per heavy atom. The van der Waals surface area contributed by atoms with Crippen molar-refractivity contribution >= 4 is 68.5 Å². The fourth-order valence-corrected chi connectivity index (χ4v) is 5.18. The molecule has 8 nitrogen and oxygen atoms in total. The second-order valence-corrected chi connectivity index (χ2v) is 9.68. The van der Waals surface area contributed by atoms with Crippen LogP contribution in [0.15, 0.2) is 60.2 Å². The van der Waals surface area contributed by atoms with Crippen LogP contribution in [-0.4, -0.2) is 17.9 Å². The van der Waals surface area contributed by atoms with Crippen molar-refractivity contribution in [1.82, 2.24) is 0 Å². The van der Waals surface area contributed by atoms with E-state index in [1.54, 1.807) is 0 Å². The van der Waals surface area contributed by atoms with Gasteiger partial charge in [-0.25, -0.2) is 0 Å². The highest BCUT2D eigenvalue weighted by molar-refractivity contribution is 14.1. The summed E-state index contributed by atoms with van der Waals surface area (Å²) in [5.74, 6) is 0.240. The Balaban J connectivity index is 1.81. The number of benzene rings is 3. The van der Waals surface area contributed by atoms with Crippen LogP contribution in [0.2, 0.25) is 0 Å². The number of nitrogens with one attached hydrogen (secondary N) is 1. The standard InChI is InChI=1S/C25H19I2N3O5/c1-15-3-5-16(6-4-15)14-35-24-20(26)10-17(11-21(24)27)9-18(13-28)25(31)29-22-12-19(30(32)33)7-8-23(22)34-2/h3-12H,14H2,1-2H3,(H,29,31)/b18-9+. The highest BCUT2D eigenvalue weighted by Crippen LogP contribution is 2.32. The van der Waals surface area contributed by atoms with Gasteiger partial charge in [-0.1, -0.05) is 29.8 Å². The molecule has 1 amide bonds. The third-order valence-electron chi connectivity index (χ3n) is 4.84. The number of nitro benzene ring substituents is 1. The lowest BCUT2D eigenvalue weighted by Gasteiger charge is -2.12. The van der Waals surface area contributed by atoms with Crippen LogP contribution in [0.1, 0.15) is 16.7 Å².